The van der Waals surface area contributed by atoms with Gasteiger partial charge in [-0.15, -0.1) is 0 Å². The van der Waals surface area contributed by atoms with Gasteiger partial charge in [-0.2, -0.15) is 0 Å². The molecule has 176 valence electrons. The van der Waals surface area contributed by atoms with E-state index in [2.05, 4.69) is 70.4 Å². The highest BCUT2D eigenvalue weighted by Gasteiger charge is 2.14. The number of nitrogens with one attached hydrogen (secondary N) is 1. The van der Waals surface area contributed by atoms with E-state index in [0.29, 0.717) is 11.5 Å². The molecule has 0 aliphatic rings. The molecule has 0 saturated heterocycles. The first-order valence-electron chi connectivity index (χ1n) is 11.8. The first kappa shape index (κ1) is 25.1. The molecule has 1 unspecified atom stereocenters. The van der Waals surface area contributed by atoms with E-state index in [1.54, 1.807) is 25.5 Å². The molecule has 3 aromatic rings. The van der Waals surface area contributed by atoms with E-state index in [1.807, 2.05) is 20.1 Å². The van der Waals surface area contributed by atoms with Crippen LogP contribution in [0.3, 0.4) is 0 Å². The Morgan fingerprint density at radius 1 is 1.12 bits per heavy atom. The maximum absolute atomic E-state index is 14.4. The van der Waals surface area contributed by atoms with Gasteiger partial charge in [-0.1, -0.05) is 55.1 Å². The molecule has 1 heterocycles. The average molecular weight is 456 g/mol. The Morgan fingerprint density at radius 3 is 2.59 bits per heavy atom. The Labute approximate surface area is 203 Å². The summed E-state index contributed by atoms with van der Waals surface area (Å²) in [5.41, 5.74) is 7.43. The molecule has 0 bridgehead atoms. The Hall–Kier alpha value is -3.53. The molecule has 0 aliphatic heterocycles. The summed E-state index contributed by atoms with van der Waals surface area (Å²) in [5, 5.41) is 3.24. The molecule has 3 nitrogen and oxygen atoms in total. The fraction of sp³-hybridized carbons (Fsp3) is 0.267. The van der Waals surface area contributed by atoms with Crippen LogP contribution in [0.4, 0.5) is 4.39 Å². The maximum Gasteiger partial charge on any atom is 0.149 e. The lowest BCUT2D eigenvalue weighted by molar-refractivity contribution is 0.565. The van der Waals surface area contributed by atoms with Crippen LogP contribution in [0.25, 0.3) is 16.7 Å². The van der Waals surface area contributed by atoms with Crippen LogP contribution in [-0.4, -0.2) is 24.8 Å². The molecule has 0 aliphatic carbocycles. The quantitative estimate of drug-likeness (QED) is 0.246. The van der Waals surface area contributed by atoms with Crippen LogP contribution >= 0.6 is 0 Å². The van der Waals surface area contributed by atoms with Crippen molar-refractivity contribution in [2.75, 3.05) is 13.6 Å². The van der Waals surface area contributed by atoms with Gasteiger partial charge in [-0.25, -0.2) is 4.39 Å². The second kappa shape index (κ2) is 12.6. The SMILES string of the molecule is C=CNCCC(CCc1ccc(C)c(-c2ccncc2F)c1)c1ccc(/C(C=NC)=C/C)cc1. The highest BCUT2D eigenvalue weighted by atomic mass is 19.1. The number of aliphatic imine (C=N–C) groups is 1. The first-order chi connectivity index (χ1) is 16.6. The zero-order chi connectivity index (χ0) is 24.3. The molecule has 3 rings (SSSR count). The van der Waals surface area contributed by atoms with Crippen molar-refractivity contribution in [3.63, 3.8) is 0 Å². The minimum Gasteiger partial charge on any atom is -0.391 e. The van der Waals surface area contributed by atoms with Crippen molar-refractivity contribution >= 4 is 11.8 Å². The number of pyridine rings is 1. The van der Waals surface area contributed by atoms with Crippen LogP contribution in [0.15, 0.2) is 84.8 Å². The van der Waals surface area contributed by atoms with Gasteiger partial charge >= 0.3 is 0 Å². The van der Waals surface area contributed by atoms with Crippen LogP contribution in [0.1, 0.15) is 47.9 Å². The van der Waals surface area contributed by atoms with E-state index in [1.165, 1.54) is 22.9 Å². The zero-order valence-electron chi connectivity index (χ0n) is 20.4. The summed E-state index contributed by atoms with van der Waals surface area (Å²) in [5.74, 6) is 0.114. The number of hydrogen-bond donors (Lipinski definition) is 1. The van der Waals surface area contributed by atoms with E-state index >= 15 is 0 Å². The normalized spacial score (nSPS) is 12.6. The number of rotatable bonds is 11. The van der Waals surface area contributed by atoms with E-state index < -0.39 is 0 Å². The summed E-state index contributed by atoms with van der Waals surface area (Å²) in [6.07, 6.45) is 11.6. The third-order valence-corrected chi connectivity index (χ3v) is 6.22. The Bertz CT molecular complexity index is 1150. The summed E-state index contributed by atoms with van der Waals surface area (Å²) in [4.78, 5) is 8.04. The van der Waals surface area contributed by atoms with Gasteiger partial charge in [0.2, 0.25) is 0 Å². The smallest absolute Gasteiger partial charge is 0.149 e. The summed E-state index contributed by atoms with van der Waals surface area (Å²) in [6, 6.07) is 16.9. The molecule has 0 radical (unpaired) electrons. The van der Waals surface area contributed by atoms with Crippen molar-refractivity contribution in [2.45, 2.75) is 39.0 Å². The third kappa shape index (κ3) is 6.50. The van der Waals surface area contributed by atoms with Crippen molar-refractivity contribution < 1.29 is 4.39 Å². The van der Waals surface area contributed by atoms with Gasteiger partial charge in [0.05, 0.1) is 6.20 Å². The Balaban J connectivity index is 1.80. The molecule has 1 atom stereocenters. The van der Waals surface area contributed by atoms with Gasteiger partial charge in [0.15, 0.2) is 0 Å². The van der Waals surface area contributed by atoms with Crippen LogP contribution in [0.5, 0.6) is 0 Å². The second-order valence-corrected chi connectivity index (χ2v) is 8.44. The van der Waals surface area contributed by atoms with E-state index in [0.717, 1.165) is 42.5 Å². The fourth-order valence-corrected chi connectivity index (χ4v) is 4.29. The molecule has 0 amide bonds. The lowest BCUT2D eigenvalue weighted by Crippen LogP contribution is -2.12. The van der Waals surface area contributed by atoms with Gasteiger partial charge in [0.1, 0.15) is 5.82 Å². The van der Waals surface area contributed by atoms with E-state index in [4.69, 9.17) is 0 Å². The molecular weight excluding hydrogens is 421 g/mol. The average Bonchev–Trinajstić information content (AvgIpc) is 2.86. The molecule has 4 heteroatoms. The highest BCUT2D eigenvalue weighted by Crippen LogP contribution is 2.30. The minimum absolute atomic E-state index is 0.287. The van der Waals surface area contributed by atoms with Gasteiger partial charge in [-0.3, -0.25) is 9.98 Å². The van der Waals surface area contributed by atoms with Crippen LogP contribution < -0.4 is 5.32 Å². The lowest BCUT2D eigenvalue weighted by Gasteiger charge is -2.19. The van der Waals surface area contributed by atoms with Gasteiger partial charge in [0, 0.05) is 31.6 Å². The maximum atomic E-state index is 14.4. The molecule has 0 fully saturated rings. The van der Waals surface area contributed by atoms with Gasteiger partial charge < -0.3 is 5.32 Å². The van der Waals surface area contributed by atoms with Crippen molar-refractivity contribution in [3.05, 3.63) is 108 Å². The van der Waals surface area contributed by atoms with Crippen molar-refractivity contribution in [3.8, 4) is 11.1 Å². The van der Waals surface area contributed by atoms with Crippen LogP contribution in [-0.2, 0) is 6.42 Å². The van der Waals surface area contributed by atoms with Crippen molar-refractivity contribution in [1.82, 2.24) is 10.3 Å². The summed E-state index contributed by atoms with van der Waals surface area (Å²) in [7, 11) is 1.79. The van der Waals surface area contributed by atoms with Gasteiger partial charge in [0.25, 0.3) is 0 Å². The molecular formula is C30H34FN3. The molecule has 0 saturated carbocycles. The standard InChI is InChI=1S/C30H34FN3/c1-5-24(20-32-4)25-11-13-26(14-12-25)27(15-17-33-6-2)10-9-23-8-7-22(3)29(19-23)28-16-18-34-21-30(28)31/h5-8,11-14,16,18-21,27,33H,2,9-10,15,17H2,1,3-4H3/b24-5+,32-20?. The number of halogens is 1. The molecule has 0 spiro atoms. The summed E-state index contributed by atoms with van der Waals surface area (Å²) in [6.45, 7) is 8.70. The number of benzene rings is 2. The number of allylic oxidation sites excluding steroid dienone is 2. The predicted molar refractivity (Wildman–Crippen MR) is 143 cm³/mol. The van der Waals surface area contributed by atoms with E-state index in [9.17, 15) is 4.39 Å². The largest absolute Gasteiger partial charge is 0.391 e. The number of hydrogen-bond acceptors (Lipinski definition) is 3. The molecule has 34 heavy (non-hydrogen) atoms. The molecule has 1 aromatic heterocycles. The monoisotopic (exact) mass is 455 g/mol. The summed E-state index contributed by atoms with van der Waals surface area (Å²) >= 11 is 0. The minimum atomic E-state index is -0.287. The van der Waals surface area contributed by atoms with Crippen LogP contribution in [0, 0.1) is 12.7 Å². The fourth-order valence-electron chi connectivity index (χ4n) is 4.29. The summed E-state index contributed by atoms with van der Waals surface area (Å²) < 4.78 is 14.4. The number of aryl methyl sites for hydroxylation is 2. The number of nitrogens with zero attached hydrogens (tertiary/aromatic N) is 2. The molecule has 2 aromatic carbocycles. The predicted octanol–water partition coefficient (Wildman–Crippen LogP) is 7.14. The molecule has 1 N–H and O–H groups in total. The topological polar surface area (TPSA) is 37.3 Å². The van der Waals surface area contributed by atoms with Crippen molar-refractivity contribution in [2.24, 2.45) is 4.99 Å². The van der Waals surface area contributed by atoms with Crippen molar-refractivity contribution in [1.29, 1.82) is 0 Å². The second-order valence-electron chi connectivity index (χ2n) is 8.44. The first-order valence-corrected chi connectivity index (χ1v) is 11.8. The highest BCUT2D eigenvalue weighted by molar-refractivity contribution is 6.09. The van der Waals surface area contributed by atoms with Crippen LogP contribution in [0.2, 0.25) is 0 Å². The lowest BCUT2D eigenvalue weighted by atomic mass is 9.87. The zero-order valence-corrected chi connectivity index (χ0v) is 20.4. The van der Waals surface area contributed by atoms with E-state index in [-0.39, 0.29) is 5.82 Å². The Morgan fingerprint density at radius 2 is 1.91 bits per heavy atom. The Kier molecular flexibility index (Phi) is 9.33. The third-order valence-electron chi connectivity index (χ3n) is 6.22. The number of aromatic nitrogens is 1. The van der Waals surface area contributed by atoms with Gasteiger partial charge in [-0.05, 0) is 84.7 Å².